The molecular weight excluding hydrogens is 198 g/mol. The first kappa shape index (κ1) is 9.97. The van der Waals surface area contributed by atoms with E-state index in [2.05, 4.69) is 9.84 Å². The van der Waals surface area contributed by atoms with Gasteiger partial charge in [-0.2, -0.15) is 0 Å². The lowest BCUT2D eigenvalue weighted by Gasteiger charge is -2.06. The van der Waals surface area contributed by atoms with Crippen LogP contribution in [0, 0.1) is 0 Å². The van der Waals surface area contributed by atoms with Gasteiger partial charge in [-0.3, -0.25) is 4.68 Å². The SMILES string of the molecule is CC(O)c1cc(OC(N)=O)nn1C1CC1. The number of hydrogen-bond donors (Lipinski definition) is 2. The van der Waals surface area contributed by atoms with Crippen molar-refractivity contribution in [2.24, 2.45) is 5.73 Å². The van der Waals surface area contributed by atoms with Crippen LogP contribution < -0.4 is 10.5 Å². The van der Waals surface area contributed by atoms with Gasteiger partial charge in [-0.15, -0.1) is 5.10 Å². The number of primary amides is 1. The van der Waals surface area contributed by atoms with E-state index in [-0.39, 0.29) is 5.88 Å². The van der Waals surface area contributed by atoms with Gasteiger partial charge in [0.25, 0.3) is 0 Å². The van der Waals surface area contributed by atoms with Crippen molar-refractivity contribution in [2.75, 3.05) is 0 Å². The monoisotopic (exact) mass is 211 g/mol. The number of nitrogens with two attached hydrogens (primary N) is 1. The van der Waals surface area contributed by atoms with Gasteiger partial charge in [0.05, 0.1) is 17.8 Å². The average Bonchev–Trinajstić information content (AvgIpc) is 2.87. The van der Waals surface area contributed by atoms with Gasteiger partial charge in [0.15, 0.2) is 0 Å². The van der Waals surface area contributed by atoms with Gasteiger partial charge in [-0.05, 0) is 19.8 Å². The summed E-state index contributed by atoms with van der Waals surface area (Å²) in [4.78, 5) is 10.5. The van der Waals surface area contributed by atoms with Crippen molar-refractivity contribution in [3.8, 4) is 5.88 Å². The molecule has 1 unspecified atom stereocenters. The van der Waals surface area contributed by atoms with Crippen LogP contribution in [0.1, 0.15) is 37.6 Å². The van der Waals surface area contributed by atoms with Crippen molar-refractivity contribution in [2.45, 2.75) is 31.9 Å². The van der Waals surface area contributed by atoms with Crippen LogP contribution in [-0.2, 0) is 0 Å². The third-order valence-corrected chi connectivity index (χ3v) is 2.27. The number of aliphatic hydroxyl groups is 1. The number of amides is 1. The molecule has 2 rings (SSSR count). The van der Waals surface area contributed by atoms with Crippen LogP contribution in [0.2, 0.25) is 0 Å². The van der Waals surface area contributed by atoms with Gasteiger partial charge < -0.3 is 15.6 Å². The molecule has 1 atom stereocenters. The third kappa shape index (κ3) is 2.10. The zero-order valence-corrected chi connectivity index (χ0v) is 8.38. The maximum atomic E-state index is 10.5. The summed E-state index contributed by atoms with van der Waals surface area (Å²) in [5.41, 5.74) is 5.53. The molecule has 15 heavy (non-hydrogen) atoms. The molecule has 0 bridgehead atoms. The Kier molecular flexibility index (Phi) is 2.36. The van der Waals surface area contributed by atoms with Crippen LogP contribution in [0.5, 0.6) is 5.88 Å². The molecule has 0 spiro atoms. The molecule has 0 radical (unpaired) electrons. The quantitative estimate of drug-likeness (QED) is 0.771. The van der Waals surface area contributed by atoms with E-state index in [0.717, 1.165) is 12.8 Å². The van der Waals surface area contributed by atoms with Crippen molar-refractivity contribution in [3.63, 3.8) is 0 Å². The Morgan fingerprint density at radius 3 is 2.93 bits per heavy atom. The molecule has 1 amide bonds. The Morgan fingerprint density at radius 2 is 2.47 bits per heavy atom. The first-order valence-corrected chi connectivity index (χ1v) is 4.82. The van der Waals surface area contributed by atoms with Gasteiger partial charge in [-0.1, -0.05) is 0 Å². The van der Waals surface area contributed by atoms with Crippen molar-refractivity contribution in [3.05, 3.63) is 11.8 Å². The van der Waals surface area contributed by atoms with Crippen LogP contribution >= 0.6 is 0 Å². The maximum Gasteiger partial charge on any atom is 0.411 e. The van der Waals surface area contributed by atoms with Crippen molar-refractivity contribution in [1.82, 2.24) is 9.78 Å². The lowest BCUT2D eigenvalue weighted by molar-refractivity contribution is 0.187. The second-order valence-electron chi connectivity index (χ2n) is 3.68. The standard InChI is InChI=1S/C9H13N3O3/c1-5(13)7-4-8(15-9(10)14)11-12(7)6-2-3-6/h4-6,13H,2-3H2,1H3,(H2,10,14). The summed E-state index contributed by atoms with van der Waals surface area (Å²) < 4.78 is 6.36. The molecule has 1 aliphatic rings. The fourth-order valence-electron chi connectivity index (χ4n) is 1.46. The summed E-state index contributed by atoms with van der Waals surface area (Å²) in [6, 6.07) is 1.85. The molecule has 6 heteroatoms. The van der Waals surface area contributed by atoms with Crippen LogP contribution in [0.15, 0.2) is 6.07 Å². The van der Waals surface area contributed by atoms with E-state index in [4.69, 9.17) is 5.73 Å². The topological polar surface area (TPSA) is 90.4 Å². The van der Waals surface area contributed by atoms with E-state index in [9.17, 15) is 9.90 Å². The van der Waals surface area contributed by atoms with Crippen LogP contribution in [0.4, 0.5) is 4.79 Å². The van der Waals surface area contributed by atoms with Crippen LogP contribution in [-0.4, -0.2) is 21.0 Å². The number of hydrogen-bond acceptors (Lipinski definition) is 4. The van der Waals surface area contributed by atoms with E-state index in [0.29, 0.717) is 11.7 Å². The smallest absolute Gasteiger partial charge is 0.390 e. The van der Waals surface area contributed by atoms with Gasteiger partial charge in [0, 0.05) is 6.07 Å². The summed E-state index contributed by atoms with van der Waals surface area (Å²) in [6.07, 6.45) is 0.547. The molecule has 6 nitrogen and oxygen atoms in total. The Labute approximate surface area is 86.6 Å². The Hall–Kier alpha value is -1.56. The van der Waals surface area contributed by atoms with Gasteiger partial charge >= 0.3 is 6.09 Å². The molecule has 1 aromatic rings. The number of carbonyl (C=O) groups excluding carboxylic acids is 1. The second kappa shape index (κ2) is 3.54. The normalized spacial score (nSPS) is 17.5. The molecule has 82 valence electrons. The average molecular weight is 211 g/mol. The van der Waals surface area contributed by atoms with Crippen molar-refractivity contribution < 1.29 is 14.6 Å². The van der Waals surface area contributed by atoms with Gasteiger partial charge in [0.2, 0.25) is 5.88 Å². The number of ether oxygens (including phenoxy) is 1. The summed E-state index contributed by atoms with van der Waals surface area (Å²) in [5.74, 6) is 0.144. The van der Waals surface area contributed by atoms with E-state index in [1.165, 1.54) is 6.07 Å². The summed E-state index contributed by atoms with van der Waals surface area (Å²) in [7, 11) is 0. The zero-order chi connectivity index (χ0) is 11.0. The van der Waals surface area contributed by atoms with E-state index < -0.39 is 12.2 Å². The lowest BCUT2D eigenvalue weighted by Crippen LogP contribution is -2.16. The number of carbonyl (C=O) groups is 1. The molecule has 0 aromatic carbocycles. The molecule has 1 fully saturated rings. The Morgan fingerprint density at radius 1 is 1.80 bits per heavy atom. The number of rotatable bonds is 3. The molecule has 0 aliphatic heterocycles. The Bertz CT molecular complexity index is 362. The van der Waals surface area contributed by atoms with Crippen molar-refractivity contribution in [1.29, 1.82) is 0 Å². The number of aromatic nitrogens is 2. The third-order valence-electron chi connectivity index (χ3n) is 2.27. The fraction of sp³-hybridized carbons (Fsp3) is 0.556. The predicted molar refractivity (Wildman–Crippen MR) is 51.3 cm³/mol. The van der Waals surface area contributed by atoms with Gasteiger partial charge in [0.1, 0.15) is 0 Å². The minimum Gasteiger partial charge on any atom is -0.390 e. The molecule has 0 saturated heterocycles. The minimum absolute atomic E-state index is 0.144. The Balaban J connectivity index is 2.26. The largest absolute Gasteiger partial charge is 0.411 e. The molecular formula is C9H13N3O3. The molecule has 1 aliphatic carbocycles. The van der Waals surface area contributed by atoms with Gasteiger partial charge in [-0.25, -0.2) is 4.79 Å². The van der Waals surface area contributed by atoms with Crippen LogP contribution in [0.25, 0.3) is 0 Å². The zero-order valence-electron chi connectivity index (χ0n) is 8.38. The molecule has 1 saturated carbocycles. The highest BCUT2D eigenvalue weighted by molar-refractivity contribution is 5.67. The number of nitrogens with zero attached hydrogens (tertiary/aromatic N) is 2. The van der Waals surface area contributed by atoms with E-state index in [1.807, 2.05) is 0 Å². The molecule has 1 heterocycles. The maximum absolute atomic E-state index is 10.5. The van der Waals surface area contributed by atoms with E-state index in [1.54, 1.807) is 11.6 Å². The lowest BCUT2D eigenvalue weighted by atomic mass is 10.3. The molecule has 3 N–H and O–H groups in total. The molecule has 1 aromatic heterocycles. The first-order chi connectivity index (χ1) is 7.08. The highest BCUT2D eigenvalue weighted by atomic mass is 16.6. The van der Waals surface area contributed by atoms with E-state index >= 15 is 0 Å². The highest BCUT2D eigenvalue weighted by Gasteiger charge is 2.29. The minimum atomic E-state index is -0.896. The summed E-state index contributed by atoms with van der Waals surface area (Å²) in [6.45, 7) is 1.64. The second-order valence-corrected chi connectivity index (χ2v) is 3.68. The summed E-state index contributed by atoms with van der Waals surface area (Å²) >= 11 is 0. The van der Waals surface area contributed by atoms with Crippen LogP contribution in [0.3, 0.4) is 0 Å². The first-order valence-electron chi connectivity index (χ1n) is 4.82. The number of aliphatic hydroxyl groups excluding tert-OH is 1. The highest BCUT2D eigenvalue weighted by Crippen LogP contribution is 2.37. The predicted octanol–water partition coefficient (Wildman–Crippen LogP) is 0.729. The van der Waals surface area contributed by atoms with Crippen molar-refractivity contribution >= 4 is 6.09 Å². The fourth-order valence-corrected chi connectivity index (χ4v) is 1.46. The summed E-state index contributed by atoms with van der Waals surface area (Å²) in [5, 5.41) is 13.6.